The molecule has 0 saturated heterocycles. The monoisotopic (exact) mass is 444 g/mol. The SMILES string of the molecule is Nc1c(C(=O)Cc2ccc(OC(F)F)cc2)sc2nc(-c3ccc(Cl)cc3)ccc12. The number of thiophene rings is 1. The lowest BCUT2D eigenvalue weighted by molar-refractivity contribution is -0.0498. The van der Waals surface area contributed by atoms with E-state index in [1.54, 1.807) is 24.3 Å². The number of hydrogen-bond acceptors (Lipinski definition) is 5. The first-order valence-corrected chi connectivity index (χ1v) is 10.1. The van der Waals surface area contributed by atoms with Gasteiger partial charge in [-0.25, -0.2) is 4.98 Å². The number of alkyl halides is 2. The maximum Gasteiger partial charge on any atom is 0.387 e. The number of carbonyl (C=O) groups is 1. The highest BCUT2D eigenvalue weighted by Crippen LogP contribution is 2.35. The molecular weight excluding hydrogens is 430 g/mol. The van der Waals surface area contributed by atoms with Gasteiger partial charge in [0.05, 0.1) is 16.3 Å². The van der Waals surface area contributed by atoms with Crippen molar-refractivity contribution in [2.75, 3.05) is 5.73 Å². The van der Waals surface area contributed by atoms with Gasteiger partial charge >= 0.3 is 6.61 Å². The molecule has 4 rings (SSSR count). The average Bonchev–Trinajstić information content (AvgIpc) is 3.06. The van der Waals surface area contributed by atoms with Crippen LogP contribution in [-0.4, -0.2) is 17.4 Å². The molecule has 2 heterocycles. The quantitative estimate of drug-likeness (QED) is 0.358. The third-order valence-corrected chi connectivity index (χ3v) is 5.91. The lowest BCUT2D eigenvalue weighted by Crippen LogP contribution is -2.05. The predicted octanol–water partition coefficient (Wildman–Crippen LogP) is 6.23. The third-order valence-electron chi connectivity index (χ3n) is 4.50. The highest BCUT2D eigenvalue weighted by Gasteiger charge is 2.18. The number of pyridine rings is 1. The van der Waals surface area contributed by atoms with Crippen molar-refractivity contribution in [2.24, 2.45) is 0 Å². The van der Waals surface area contributed by atoms with Crippen molar-refractivity contribution in [3.63, 3.8) is 0 Å². The zero-order valence-electron chi connectivity index (χ0n) is 15.4. The van der Waals surface area contributed by atoms with Crippen LogP contribution in [0.2, 0.25) is 5.02 Å². The molecule has 0 saturated carbocycles. The number of rotatable bonds is 6. The number of aromatic nitrogens is 1. The fraction of sp³-hybridized carbons (Fsp3) is 0.0909. The van der Waals surface area contributed by atoms with Gasteiger partial charge in [-0.15, -0.1) is 11.3 Å². The number of anilines is 1. The molecule has 4 aromatic rings. The van der Waals surface area contributed by atoms with Gasteiger partial charge in [0, 0.05) is 22.4 Å². The van der Waals surface area contributed by atoms with Crippen LogP contribution < -0.4 is 10.5 Å². The minimum absolute atomic E-state index is 0.0431. The van der Waals surface area contributed by atoms with Crippen LogP contribution in [0.5, 0.6) is 5.75 Å². The highest BCUT2D eigenvalue weighted by molar-refractivity contribution is 7.21. The minimum atomic E-state index is -2.89. The van der Waals surface area contributed by atoms with E-state index in [0.29, 0.717) is 26.0 Å². The number of carbonyl (C=O) groups excluding carboxylic acids is 1. The fourth-order valence-electron chi connectivity index (χ4n) is 3.04. The number of nitrogens with zero attached hydrogens (tertiary/aromatic N) is 1. The second-order valence-corrected chi connectivity index (χ2v) is 7.96. The van der Waals surface area contributed by atoms with Crippen LogP contribution in [-0.2, 0) is 6.42 Å². The second-order valence-electron chi connectivity index (χ2n) is 6.52. The first kappa shape index (κ1) is 20.3. The van der Waals surface area contributed by atoms with E-state index < -0.39 is 6.61 Å². The Morgan fingerprint density at radius 1 is 1.07 bits per heavy atom. The summed E-state index contributed by atoms with van der Waals surface area (Å²) < 4.78 is 28.8. The summed E-state index contributed by atoms with van der Waals surface area (Å²) in [5.41, 5.74) is 8.95. The van der Waals surface area contributed by atoms with Crippen molar-refractivity contribution in [1.29, 1.82) is 0 Å². The van der Waals surface area contributed by atoms with E-state index in [9.17, 15) is 13.6 Å². The largest absolute Gasteiger partial charge is 0.435 e. The molecular formula is C22H15ClF2N2O2S. The number of halogens is 3. The van der Waals surface area contributed by atoms with Crippen LogP contribution in [0.25, 0.3) is 21.5 Å². The van der Waals surface area contributed by atoms with E-state index >= 15 is 0 Å². The topological polar surface area (TPSA) is 65.2 Å². The van der Waals surface area contributed by atoms with E-state index in [-0.39, 0.29) is 18.0 Å². The van der Waals surface area contributed by atoms with Gasteiger partial charge in [-0.05, 0) is 42.0 Å². The van der Waals surface area contributed by atoms with Crippen LogP contribution in [0.1, 0.15) is 15.2 Å². The summed E-state index contributed by atoms with van der Waals surface area (Å²) >= 11 is 7.18. The zero-order chi connectivity index (χ0) is 21.3. The van der Waals surface area contributed by atoms with Crippen molar-refractivity contribution >= 4 is 44.6 Å². The standard InChI is InChI=1S/C22H15ClF2N2O2S/c23-14-5-3-13(4-6-14)17-10-9-16-19(26)20(30-21(16)27-17)18(28)11-12-1-7-15(8-2-12)29-22(24)25/h1-10,22H,11,26H2. The van der Waals surface area contributed by atoms with E-state index in [4.69, 9.17) is 17.3 Å². The fourth-order valence-corrected chi connectivity index (χ4v) is 4.20. The highest BCUT2D eigenvalue weighted by atomic mass is 35.5. The van der Waals surface area contributed by atoms with Gasteiger partial charge in [0.25, 0.3) is 0 Å². The van der Waals surface area contributed by atoms with E-state index in [1.807, 2.05) is 24.3 Å². The molecule has 0 aliphatic rings. The maximum atomic E-state index is 12.8. The first-order chi connectivity index (χ1) is 14.4. The van der Waals surface area contributed by atoms with Crippen LogP contribution in [0.4, 0.5) is 14.5 Å². The van der Waals surface area contributed by atoms with Crippen molar-refractivity contribution in [2.45, 2.75) is 13.0 Å². The van der Waals surface area contributed by atoms with E-state index in [2.05, 4.69) is 9.72 Å². The number of nitrogens with two attached hydrogens (primary N) is 1. The van der Waals surface area contributed by atoms with Crippen molar-refractivity contribution in [1.82, 2.24) is 4.98 Å². The van der Waals surface area contributed by atoms with Gasteiger partial charge in [-0.2, -0.15) is 8.78 Å². The molecule has 0 bridgehead atoms. The molecule has 152 valence electrons. The zero-order valence-corrected chi connectivity index (χ0v) is 17.0. The lowest BCUT2D eigenvalue weighted by atomic mass is 10.1. The number of ketones is 1. The Balaban J connectivity index is 1.58. The summed E-state index contributed by atoms with van der Waals surface area (Å²) in [4.78, 5) is 18.5. The van der Waals surface area contributed by atoms with Gasteiger partial charge in [-0.3, -0.25) is 4.79 Å². The Morgan fingerprint density at radius 3 is 2.43 bits per heavy atom. The van der Waals surface area contributed by atoms with Crippen LogP contribution in [0, 0.1) is 0 Å². The molecule has 0 fully saturated rings. The molecule has 2 aromatic heterocycles. The van der Waals surface area contributed by atoms with Crippen LogP contribution in [0.3, 0.4) is 0 Å². The molecule has 0 atom stereocenters. The predicted molar refractivity (Wildman–Crippen MR) is 116 cm³/mol. The third kappa shape index (κ3) is 4.27. The number of fused-ring (bicyclic) bond motifs is 1. The Hall–Kier alpha value is -3.03. The smallest absolute Gasteiger partial charge is 0.387 e. The van der Waals surface area contributed by atoms with Crippen molar-refractivity contribution in [3.05, 3.63) is 76.1 Å². The Bertz CT molecular complexity index is 1210. The summed E-state index contributed by atoms with van der Waals surface area (Å²) in [6.07, 6.45) is 0.0933. The van der Waals surface area contributed by atoms with E-state index in [1.165, 1.54) is 23.5 Å². The Labute approximate surface area is 179 Å². The van der Waals surface area contributed by atoms with Gasteiger partial charge in [0.1, 0.15) is 10.6 Å². The van der Waals surface area contributed by atoms with Gasteiger partial charge in [0.15, 0.2) is 5.78 Å². The number of hydrogen-bond donors (Lipinski definition) is 1. The first-order valence-electron chi connectivity index (χ1n) is 8.92. The molecule has 0 aliphatic carbocycles. The van der Waals surface area contributed by atoms with Gasteiger partial charge in [0.2, 0.25) is 0 Å². The maximum absolute atomic E-state index is 12.8. The van der Waals surface area contributed by atoms with Crippen molar-refractivity contribution in [3.8, 4) is 17.0 Å². The molecule has 0 aliphatic heterocycles. The Morgan fingerprint density at radius 2 is 1.77 bits per heavy atom. The summed E-state index contributed by atoms with van der Waals surface area (Å²) in [5.74, 6) is -0.118. The van der Waals surface area contributed by atoms with Crippen LogP contribution >= 0.6 is 22.9 Å². The molecule has 4 nitrogen and oxygen atoms in total. The molecule has 0 amide bonds. The minimum Gasteiger partial charge on any atom is -0.435 e. The molecule has 2 N–H and O–H groups in total. The summed E-state index contributed by atoms with van der Waals surface area (Å²) in [5, 5.41) is 1.36. The number of benzene rings is 2. The normalized spacial score (nSPS) is 11.2. The summed E-state index contributed by atoms with van der Waals surface area (Å²) in [7, 11) is 0. The van der Waals surface area contributed by atoms with E-state index in [0.717, 1.165) is 16.6 Å². The molecule has 30 heavy (non-hydrogen) atoms. The van der Waals surface area contributed by atoms with Crippen molar-refractivity contribution < 1.29 is 18.3 Å². The van der Waals surface area contributed by atoms with Gasteiger partial charge < -0.3 is 10.5 Å². The molecule has 0 radical (unpaired) electrons. The molecule has 0 spiro atoms. The van der Waals surface area contributed by atoms with Crippen LogP contribution in [0.15, 0.2) is 60.7 Å². The lowest BCUT2D eigenvalue weighted by Gasteiger charge is -2.05. The average molecular weight is 445 g/mol. The van der Waals surface area contributed by atoms with Gasteiger partial charge in [-0.1, -0.05) is 35.9 Å². The number of Topliss-reactive ketones (excluding diaryl/α,β-unsaturated/α-hetero) is 1. The summed E-state index contributed by atoms with van der Waals surface area (Å²) in [6, 6.07) is 17.0. The molecule has 2 aromatic carbocycles. The second kappa shape index (κ2) is 8.38. The number of ether oxygens (including phenoxy) is 1. The molecule has 0 unspecified atom stereocenters. The number of nitrogen functional groups attached to an aromatic ring is 1. The molecule has 8 heteroatoms. The Kier molecular flexibility index (Phi) is 5.65. The summed E-state index contributed by atoms with van der Waals surface area (Å²) in [6.45, 7) is -2.89.